The van der Waals surface area contributed by atoms with E-state index in [0.717, 1.165) is 45.8 Å². The van der Waals surface area contributed by atoms with Gasteiger partial charge in [-0.1, -0.05) is 6.07 Å². The molecule has 1 aromatic carbocycles. The Kier molecular flexibility index (Phi) is 3.81. The summed E-state index contributed by atoms with van der Waals surface area (Å²) in [6.07, 6.45) is 7.33. The van der Waals surface area contributed by atoms with Crippen molar-refractivity contribution in [3.8, 4) is 16.9 Å². The van der Waals surface area contributed by atoms with Crippen LogP contribution < -0.4 is 4.74 Å². The van der Waals surface area contributed by atoms with Crippen molar-refractivity contribution in [2.75, 3.05) is 6.61 Å². The maximum absolute atomic E-state index is 14.4. The van der Waals surface area contributed by atoms with E-state index in [1.807, 2.05) is 28.8 Å². The molecule has 4 heterocycles. The molecule has 0 N–H and O–H groups in total. The average molecular weight is 360 g/mol. The zero-order chi connectivity index (χ0) is 18.2. The predicted octanol–water partition coefficient (Wildman–Crippen LogP) is 3.65. The Bertz CT molecular complexity index is 1120. The van der Waals surface area contributed by atoms with Crippen molar-refractivity contribution in [1.82, 2.24) is 19.6 Å². The van der Waals surface area contributed by atoms with Gasteiger partial charge in [-0.3, -0.25) is 9.38 Å². The van der Waals surface area contributed by atoms with E-state index in [2.05, 4.69) is 21.2 Å². The van der Waals surface area contributed by atoms with Gasteiger partial charge in [-0.05, 0) is 48.7 Å². The SMILES string of the molecule is Fc1ccc2c(c1CCc1ccc(-c3cccnc3)c3nncn13)CCO2. The molecule has 0 atom stereocenters. The lowest BCUT2D eigenvalue weighted by atomic mass is 9.98. The normalized spacial score (nSPS) is 12.9. The molecular formula is C21H17FN4O. The molecule has 5 nitrogen and oxygen atoms in total. The second kappa shape index (κ2) is 6.46. The molecular weight excluding hydrogens is 343 g/mol. The fourth-order valence-corrected chi connectivity index (χ4v) is 3.75. The summed E-state index contributed by atoms with van der Waals surface area (Å²) in [6.45, 7) is 0.626. The minimum atomic E-state index is -0.161. The number of aromatic nitrogens is 4. The highest BCUT2D eigenvalue weighted by Gasteiger charge is 2.19. The standard InChI is InChI=1S/C21H17FN4O/c22-19-7-8-20-18(9-11-27-20)17(19)6-4-15-3-5-16(14-2-1-10-23-12-14)21-25-24-13-26(15)21/h1-3,5,7-8,10,12-13H,4,6,9,11H2. The van der Waals surface area contributed by atoms with Gasteiger partial charge in [0.1, 0.15) is 17.9 Å². The molecule has 1 aliphatic rings. The monoisotopic (exact) mass is 360 g/mol. The third kappa shape index (κ3) is 2.73. The zero-order valence-electron chi connectivity index (χ0n) is 14.6. The van der Waals surface area contributed by atoms with Gasteiger partial charge in [0, 0.05) is 41.2 Å². The lowest BCUT2D eigenvalue weighted by molar-refractivity contribution is 0.356. The van der Waals surface area contributed by atoms with Crippen molar-refractivity contribution in [1.29, 1.82) is 0 Å². The van der Waals surface area contributed by atoms with Crippen LogP contribution >= 0.6 is 0 Å². The van der Waals surface area contributed by atoms with Gasteiger partial charge >= 0.3 is 0 Å². The highest BCUT2D eigenvalue weighted by Crippen LogP contribution is 2.31. The van der Waals surface area contributed by atoms with E-state index in [0.29, 0.717) is 19.4 Å². The quantitative estimate of drug-likeness (QED) is 0.557. The van der Waals surface area contributed by atoms with E-state index in [-0.39, 0.29) is 5.82 Å². The van der Waals surface area contributed by atoms with Gasteiger partial charge in [0.05, 0.1) is 6.61 Å². The first kappa shape index (κ1) is 15.9. The van der Waals surface area contributed by atoms with Crippen molar-refractivity contribution in [3.05, 3.63) is 77.8 Å². The zero-order valence-corrected chi connectivity index (χ0v) is 14.6. The molecule has 3 aromatic heterocycles. The Morgan fingerprint density at radius 2 is 2.07 bits per heavy atom. The summed E-state index contributed by atoms with van der Waals surface area (Å²) in [5.74, 6) is 0.652. The number of hydrogen-bond donors (Lipinski definition) is 0. The summed E-state index contributed by atoms with van der Waals surface area (Å²) in [7, 11) is 0. The van der Waals surface area contributed by atoms with Crippen molar-refractivity contribution in [2.24, 2.45) is 0 Å². The Morgan fingerprint density at radius 3 is 2.96 bits per heavy atom. The molecule has 0 amide bonds. The molecule has 4 aromatic rings. The molecule has 0 aliphatic carbocycles. The van der Waals surface area contributed by atoms with Gasteiger partial charge in [-0.2, -0.15) is 0 Å². The fourth-order valence-electron chi connectivity index (χ4n) is 3.75. The Labute approximate surface area is 155 Å². The number of fused-ring (bicyclic) bond motifs is 2. The minimum Gasteiger partial charge on any atom is -0.493 e. The first-order valence-electron chi connectivity index (χ1n) is 8.96. The van der Waals surface area contributed by atoms with Gasteiger partial charge in [0.25, 0.3) is 0 Å². The molecule has 0 fully saturated rings. The number of nitrogens with zero attached hydrogens (tertiary/aromatic N) is 4. The van der Waals surface area contributed by atoms with Crippen molar-refractivity contribution >= 4 is 5.65 Å². The second-order valence-electron chi connectivity index (χ2n) is 6.61. The van der Waals surface area contributed by atoms with Crippen molar-refractivity contribution in [2.45, 2.75) is 19.3 Å². The van der Waals surface area contributed by atoms with Crippen LogP contribution in [0.4, 0.5) is 4.39 Å². The van der Waals surface area contributed by atoms with E-state index < -0.39 is 0 Å². The molecule has 27 heavy (non-hydrogen) atoms. The Morgan fingerprint density at radius 1 is 1.11 bits per heavy atom. The minimum absolute atomic E-state index is 0.161. The maximum atomic E-state index is 14.4. The van der Waals surface area contributed by atoms with Crippen LogP contribution in [0.25, 0.3) is 16.8 Å². The number of rotatable bonds is 4. The van der Waals surface area contributed by atoms with E-state index in [1.165, 1.54) is 6.07 Å². The summed E-state index contributed by atoms with van der Waals surface area (Å²) in [4.78, 5) is 4.18. The number of hydrogen-bond acceptors (Lipinski definition) is 4. The first-order chi connectivity index (χ1) is 13.3. The average Bonchev–Trinajstić information content (AvgIpc) is 3.37. The number of ether oxygens (including phenoxy) is 1. The molecule has 0 bridgehead atoms. The molecule has 0 saturated carbocycles. The Balaban J connectivity index is 1.49. The van der Waals surface area contributed by atoms with Crippen LogP contribution in [-0.2, 0) is 19.3 Å². The number of aryl methyl sites for hydroxylation is 1. The molecule has 0 radical (unpaired) electrons. The summed E-state index contributed by atoms with van der Waals surface area (Å²) in [5, 5.41) is 8.35. The van der Waals surface area contributed by atoms with Crippen LogP contribution in [0.5, 0.6) is 5.75 Å². The van der Waals surface area contributed by atoms with Crippen LogP contribution in [0.2, 0.25) is 0 Å². The third-order valence-corrected chi connectivity index (χ3v) is 5.08. The lowest BCUT2D eigenvalue weighted by Gasteiger charge is -2.11. The van der Waals surface area contributed by atoms with Gasteiger partial charge in [-0.15, -0.1) is 10.2 Å². The lowest BCUT2D eigenvalue weighted by Crippen LogP contribution is -2.03. The number of halogens is 1. The van der Waals surface area contributed by atoms with E-state index in [9.17, 15) is 4.39 Å². The topological polar surface area (TPSA) is 52.3 Å². The van der Waals surface area contributed by atoms with E-state index in [1.54, 1.807) is 18.6 Å². The first-order valence-corrected chi connectivity index (χ1v) is 8.96. The van der Waals surface area contributed by atoms with Gasteiger partial charge in [0.2, 0.25) is 0 Å². The summed E-state index contributed by atoms with van der Waals surface area (Å²) >= 11 is 0. The number of pyridine rings is 2. The van der Waals surface area contributed by atoms with Gasteiger partial charge < -0.3 is 4.74 Å². The largest absolute Gasteiger partial charge is 0.493 e. The Hall–Kier alpha value is -3.28. The van der Waals surface area contributed by atoms with Crippen LogP contribution in [0.3, 0.4) is 0 Å². The molecule has 0 unspecified atom stereocenters. The van der Waals surface area contributed by atoms with Crippen LogP contribution in [-0.4, -0.2) is 26.2 Å². The van der Waals surface area contributed by atoms with E-state index >= 15 is 0 Å². The van der Waals surface area contributed by atoms with Gasteiger partial charge in [0.15, 0.2) is 5.65 Å². The molecule has 6 heteroatoms. The van der Waals surface area contributed by atoms with E-state index in [4.69, 9.17) is 4.74 Å². The maximum Gasteiger partial charge on any atom is 0.168 e. The summed E-state index contributed by atoms with van der Waals surface area (Å²) in [5.41, 5.74) is 5.54. The fraction of sp³-hybridized carbons (Fsp3) is 0.190. The van der Waals surface area contributed by atoms with Crippen LogP contribution in [0.1, 0.15) is 16.8 Å². The van der Waals surface area contributed by atoms with Crippen LogP contribution in [0.15, 0.2) is 55.1 Å². The molecule has 134 valence electrons. The van der Waals surface area contributed by atoms with Gasteiger partial charge in [-0.25, -0.2) is 4.39 Å². The summed E-state index contributed by atoms with van der Waals surface area (Å²) < 4.78 is 21.9. The molecule has 0 saturated heterocycles. The predicted molar refractivity (Wildman–Crippen MR) is 99.2 cm³/mol. The van der Waals surface area contributed by atoms with Crippen molar-refractivity contribution in [3.63, 3.8) is 0 Å². The van der Waals surface area contributed by atoms with Crippen LogP contribution in [0, 0.1) is 5.82 Å². The van der Waals surface area contributed by atoms with Crippen molar-refractivity contribution < 1.29 is 9.13 Å². The molecule has 5 rings (SSSR count). The molecule has 1 aliphatic heterocycles. The number of benzene rings is 1. The highest BCUT2D eigenvalue weighted by atomic mass is 19.1. The summed E-state index contributed by atoms with van der Waals surface area (Å²) in [6, 6.07) is 11.2. The smallest absolute Gasteiger partial charge is 0.168 e. The molecule has 0 spiro atoms. The second-order valence-corrected chi connectivity index (χ2v) is 6.61. The highest BCUT2D eigenvalue weighted by molar-refractivity contribution is 5.76. The third-order valence-electron chi connectivity index (χ3n) is 5.08.